The van der Waals surface area contributed by atoms with Crippen molar-refractivity contribution < 1.29 is 28.7 Å². The van der Waals surface area contributed by atoms with Crippen molar-refractivity contribution in [2.24, 2.45) is 5.92 Å². The standard InChI is InChI=1S/C34H44N8O6/c1-22(2)30-34(46)36-23(3)32-39-31(25-7-5-4-6-8-25)40-42(32)21-28(43)35-13-16-48-26-11-9-24(10-12-26)19-27(33(45)38-30)37-29(44)20-41-14-17-47-18-15-41/h4-12,22-23,27,30H,13-21H2,1-3H3,(H,35,43)(H,36,46)(H,37,44)(H,38,45)/t23-,27-,30+/m0/s1. The highest BCUT2D eigenvalue weighted by Crippen LogP contribution is 2.20. The molecule has 0 saturated carbocycles. The summed E-state index contributed by atoms with van der Waals surface area (Å²) in [4.78, 5) is 60.3. The largest absolute Gasteiger partial charge is 0.492 e. The Morgan fingerprint density at radius 3 is 2.42 bits per heavy atom. The fourth-order valence-corrected chi connectivity index (χ4v) is 5.58. The number of nitrogens with one attached hydrogen (secondary N) is 4. The molecule has 48 heavy (non-hydrogen) atoms. The van der Waals surface area contributed by atoms with Crippen LogP contribution in [0.2, 0.25) is 0 Å². The van der Waals surface area contributed by atoms with Crippen LogP contribution in [0.1, 0.15) is 38.2 Å². The first-order chi connectivity index (χ1) is 23.2. The predicted octanol–water partition coefficient (Wildman–Crippen LogP) is 0.831. The first kappa shape index (κ1) is 34.5. The zero-order chi connectivity index (χ0) is 34.0. The second-order valence-electron chi connectivity index (χ2n) is 12.3. The minimum atomic E-state index is -0.936. The molecule has 4 heterocycles. The number of rotatable bonds is 5. The molecule has 0 radical (unpaired) electrons. The molecule has 1 aromatic heterocycles. The van der Waals surface area contributed by atoms with Gasteiger partial charge in [-0.05, 0) is 30.5 Å². The van der Waals surface area contributed by atoms with Crippen LogP contribution in [0.15, 0.2) is 54.6 Å². The van der Waals surface area contributed by atoms with E-state index < -0.39 is 29.9 Å². The maximum absolute atomic E-state index is 13.8. The summed E-state index contributed by atoms with van der Waals surface area (Å²) in [5, 5.41) is 16.2. The van der Waals surface area contributed by atoms with Gasteiger partial charge in [0.25, 0.3) is 0 Å². The van der Waals surface area contributed by atoms with Crippen LogP contribution in [0.3, 0.4) is 0 Å². The van der Waals surface area contributed by atoms with Gasteiger partial charge in [0.15, 0.2) is 5.82 Å². The first-order valence-corrected chi connectivity index (χ1v) is 16.3. The van der Waals surface area contributed by atoms with Crippen LogP contribution in [0.5, 0.6) is 5.75 Å². The van der Waals surface area contributed by atoms with Gasteiger partial charge in [0.2, 0.25) is 23.6 Å². The topological polar surface area (TPSA) is 169 Å². The fraction of sp³-hybridized carbons (Fsp3) is 0.471. The number of morpholine rings is 1. The van der Waals surface area contributed by atoms with E-state index in [4.69, 9.17) is 14.5 Å². The molecule has 0 unspecified atom stereocenters. The van der Waals surface area contributed by atoms with Crippen LogP contribution in [0.25, 0.3) is 11.4 Å². The number of benzene rings is 2. The van der Waals surface area contributed by atoms with E-state index in [1.165, 1.54) is 4.68 Å². The molecular weight excluding hydrogens is 616 g/mol. The summed E-state index contributed by atoms with van der Waals surface area (Å²) in [6.45, 7) is 8.27. The van der Waals surface area contributed by atoms with Crippen molar-refractivity contribution in [3.8, 4) is 17.1 Å². The second kappa shape index (κ2) is 16.3. The zero-order valence-electron chi connectivity index (χ0n) is 27.6. The van der Waals surface area contributed by atoms with Crippen molar-refractivity contribution >= 4 is 23.6 Å². The van der Waals surface area contributed by atoms with Crippen molar-refractivity contribution in [1.82, 2.24) is 40.9 Å². The minimum absolute atomic E-state index is 0.125. The lowest BCUT2D eigenvalue weighted by atomic mass is 10.0. The molecule has 0 spiro atoms. The van der Waals surface area contributed by atoms with E-state index in [-0.39, 0.29) is 50.4 Å². The SMILES string of the molecule is CC(C)[C@H]1NC(=O)[C@@H](NC(=O)CN2CCOCC2)Cc2ccc(cc2)OCCNC(=O)Cn2nc(-c3ccccc3)nc2[C@H](C)NC1=O. The van der Waals surface area contributed by atoms with Crippen molar-refractivity contribution in [2.75, 3.05) is 46.0 Å². The monoisotopic (exact) mass is 660 g/mol. The van der Waals surface area contributed by atoms with Gasteiger partial charge in [0, 0.05) is 25.1 Å². The number of hydrogen-bond donors (Lipinski definition) is 4. The third-order valence-electron chi connectivity index (χ3n) is 8.20. The maximum atomic E-state index is 13.8. The number of carbonyl (C=O) groups is 4. The Kier molecular flexibility index (Phi) is 11.7. The van der Waals surface area contributed by atoms with Gasteiger partial charge in [-0.25, -0.2) is 9.67 Å². The first-order valence-electron chi connectivity index (χ1n) is 16.3. The fourth-order valence-electron chi connectivity index (χ4n) is 5.58. The number of aromatic nitrogens is 3. The van der Waals surface area contributed by atoms with E-state index in [2.05, 4.69) is 26.4 Å². The molecule has 1 fully saturated rings. The smallest absolute Gasteiger partial charge is 0.243 e. The summed E-state index contributed by atoms with van der Waals surface area (Å²) in [5.41, 5.74) is 1.56. The molecule has 0 aliphatic carbocycles. The average Bonchev–Trinajstić information content (AvgIpc) is 3.50. The van der Waals surface area contributed by atoms with E-state index in [9.17, 15) is 19.2 Å². The third-order valence-corrected chi connectivity index (χ3v) is 8.20. The van der Waals surface area contributed by atoms with Crippen LogP contribution < -0.4 is 26.0 Å². The number of ether oxygens (including phenoxy) is 2. The molecule has 256 valence electrons. The Bertz CT molecular complexity index is 1560. The normalized spacial score (nSPS) is 21.8. The molecule has 6 rings (SSSR count). The summed E-state index contributed by atoms with van der Waals surface area (Å²) in [6, 6.07) is 14.0. The van der Waals surface area contributed by atoms with Gasteiger partial charge in [-0.3, -0.25) is 24.1 Å². The molecule has 2 bridgehead atoms. The van der Waals surface area contributed by atoms with Crippen LogP contribution >= 0.6 is 0 Å². The minimum Gasteiger partial charge on any atom is -0.492 e. The highest BCUT2D eigenvalue weighted by molar-refractivity contribution is 5.92. The molecule has 3 aromatic rings. The molecule has 2 aromatic carbocycles. The molecule has 1 saturated heterocycles. The van der Waals surface area contributed by atoms with Crippen LogP contribution in [-0.2, 0) is 36.9 Å². The van der Waals surface area contributed by atoms with Gasteiger partial charge in [0.1, 0.15) is 36.8 Å². The summed E-state index contributed by atoms with van der Waals surface area (Å²) in [5.74, 6) is -0.394. The van der Waals surface area contributed by atoms with Crippen molar-refractivity contribution in [1.29, 1.82) is 0 Å². The number of nitrogens with zero attached hydrogens (tertiary/aromatic N) is 4. The van der Waals surface area contributed by atoms with Crippen molar-refractivity contribution in [3.63, 3.8) is 0 Å². The van der Waals surface area contributed by atoms with E-state index in [1.807, 2.05) is 61.2 Å². The molecule has 14 heteroatoms. The lowest BCUT2D eigenvalue weighted by Gasteiger charge is -2.28. The molecular formula is C34H44N8O6. The summed E-state index contributed by atoms with van der Waals surface area (Å²) in [6.07, 6.45) is 0.200. The van der Waals surface area contributed by atoms with E-state index in [0.717, 1.165) is 11.1 Å². The van der Waals surface area contributed by atoms with Gasteiger partial charge in [-0.15, -0.1) is 0 Å². The van der Waals surface area contributed by atoms with Gasteiger partial charge >= 0.3 is 0 Å². The van der Waals surface area contributed by atoms with Crippen LogP contribution in [0, 0.1) is 5.92 Å². The van der Waals surface area contributed by atoms with E-state index in [1.54, 1.807) is 19.1 Å². The highest BCUT2D eigenvalue weighted by Gasteiger charge is 2.31. The van der Waals surface area contributed by atoms with Crippen molar-refractivity contribution in [2.45, 2.75) is 51.9 Å². The van der Waals surface area contributed by atoms with Crippen LogP contribution in [-0.4, -0.2) is 101 Å². The van der Waals surface area contributed by atoms with Gasteiger partial charge in [0.05, 0.1) is 32.3 Å². The van der Waals surface area contributed by atoms with E-state index >= 15 is 0 Å². The third kappa shape index (κ3) is 9.38. The molecule has 3 atom stereocenters. The Balaban J connectivity index is 1.41. The number of fused-ring (bicyclic) bond motifs is 14. The Morgan fingerprint density at radius 2 is 1.71 bits per heavy atom. The molecule has 4 amide bonds. The van der Waals surface area contributed by atoms with Crippen molar-refractivity contribution in [3.05, 3.63) is 66.0 Å². The quantitative estimate of drug-likeness (QED) is 0.310. The van der Waals surface area contributed by atoms with Crippen LogP contribution in [0.4, 0.5) is 0 Å². The molecule has 4 N–H and O–H groups in total. The number of amides is 4. The lowest BCUT2D eigenvalue weighted by molar-refractivity contribution is -0.133. The molecule has 14 nitrogen and oxygen atoms in total. The predicted molar refractivity (Wildman–Crippen MR) is 177 cm³/mol. The molecule has 3 aliphatic heterocycles. The number of carbonyl (C=O) groups excluding carboxylic acids is 4. The second-order valence-corrected chi connectivity index (χ2v) is 12.3. The molecule has 3 aliphatic rings. The zero-order valence-corrected chi connectivity index (χ0v) is 27.6. The van der Waals surface area contributed by atoms with Gasteiger partial charge in [-0.2, -0.15) is 5.10 Å². The summed E-state index contributed by atoms with van der Waals surface area (Å²) >= 11 is 0. The average molecular weight is 661 g/mol. The Hall–Kier alpha value is -4.82. The Labute approximate surface area is 279 Å². The van der Waals surface area contributed by atoms with Gasteiger partial charge in [-0.1, -0.05) is 56.3 Å². The van der Waals surface area contributed by atoms with E-state index in [0.29, 0.717) is 43.7 Å². The Morgan fingerprint density at radius 1 is 0.979 bits per heavy atom. The lowest BCUT2D eigenvalue weighted by Crippen LogP contribution is -2.57. The summed E-state index contributed by atoms with van der Waals surface area (Å²) in [7, 11) is 0. The number of hydrogen-bond acceptors (Lipinski definition) is 9. The summed E-state index contributed by atoms with van der Waals surface area (Å²) < 4.78 is 12.7. The highest BCUT2D eigenvalue weighted by atomic mass is 16.5. The van der Waals surface area contributed by atoms with Gasteiger partial charge < -0.3 is 30.7 Å². The maximum Gasteiger partial charge on any atom is 0.243 e.